The summed E-state index contributed by atoms with van der Waals surface area (Å²) in [6.45, 7) is 8.12. The van der Waals surface area contributed by atoms with Gasteiger partial charge < -0.3 is 9.13 Å². The molecule has 0 N–H and O–H groups in total. The van der Waals surface area contributed by atoms with Gasteiger partial charge in [-0.3, -0.25) is 0 Å². The fourth-order valence-corrected chi connectivity index (χ4v) is 6.06. The van der Waals surface area contributed by atoms with Crippen LogP contribution in [0, 0.1) is 13.8 Å². The predicted molar refractivity (Wildman–Crippen MR) is 165 cm³/mol. The summed E-state index contributed by atoms with van der Waals surface area (Å²) in [4.78, 5) is 0. The molecule has 8 aromatic rings. The average Bonchev–Trinajstić information content (AvgIpc) is 3.39. The zero-order chi connectivity index (χ0) is 26.0. The van der Waals surface area contributed by atoms with Crippen molar-refractivity contribution >= 4 is 65.2 Å². The van der Waals surface area contributed by atoms with E-state index in [1.165, 1.54) is 65.2 Å². The van der Waals surface area contributed by atoms with Crippen molar-refractivity contribution in [1.29, 1.82) is 0 Å². The van der Waals surface area contributed by atoms with Gasteiger partial charge >= 0.3 is 0 Å². The quantitative estimate of drug-likeness (QED) is 0.143. The van der Waals surface area contributed by atoms with Crippen molar-refractivity contribution in [3.8, 4) is 0 Å². The second-order valence-electron chi connectivity index (χ2n) is 10.2. The van der Waals surface area contributed by atoms with Crippen LogP contribution in [0.1, 0.15) is 11.1 Å². The Morgan fingerprint density at radius 2 is 0.800 bits per heavy atom. The van der Waals surface area contributed by atoms with E-state index in [0.29, 0.717) is 0 Å². The van der Waals surface area contributed by atoms with E-state index in [1.54, 1.807) is 0 Å². The predicted octanol–water partition coefficient (Wildman–Crippen LogP) is 9.33. The first-order valence-corrected chi connectivity index (χ1v) is 12.9. The zero-order valence-electron chi connectivity index (χ0n) is 22.9. The van der Waals surface area contributed by atoms with Crippen LogP contribution in [-0.2, 0) is 79.5 Å². The molecule has 0 saturated carbocycles. The van der Waals surface area contributed by atoms with Gasteiger partial charge in [-0.1, -0.05) is 72.8 Å². The van der Waals surface area contributed by atoms with Gasteiger partial charge in [0, 0.05) is 112 Å². The Hall–Kier alpha value is -2.61. The maximum atomic E-state index is 4.06. The van der Waals surface area contributed by atoms with Crippen LogP contribution in [-0.4, -0.2) is 9.13 Å². The van der Waals surface area contributed by atoms with Gasteiger partial charge in [-0.25, -0.2) is 0 Å². The molecule has 0 saturated heterocycles. The summed E-state index contributed by atoms with van der Waals surface area (Å²) in [6.07, 6.45) is 0. The molecular weight excluding hydrogens is 638 g/mol. The number of nitrogens with zero attached hydrogens (tertiary/aromatic N) is 2. The fourth-order valence-electron chi connectivity index (χ4n) is 6.06. The van der Waals surface area contributed by atoms with Crippen LogP contribution in [0.2, 0.25) is 0 Å². The van der Waals surface area contributed by atoms with Gasteiger partial charge in [-0.05, 0) is 44.5 Å². The van der Waals surface area contributed by atoms with Crippen LogP contribution in [0.15, 0.2) is 109 Å². The molecule has 2 nitrogen and oxygen atoms in total. The molecule has 0 aliphatic heterocycles. The summed E-state index contributed by atoms with van der Waals surface area (Å²) in [5.74, 6) is 0. The maximum Gasteiger partial charge on any atom is 0.0483 e. The van der Waals surface area contributed by atoms with E-state index in [9.17, 15) is 0 Å². The summed E-state index contributed by atoms with van der Waals surface area (Å²) in [7, 11) is 4.25. The first kappa shape index (κ1) is 28.9. The topological polar surface area (TPSA) is 9.86 Å². The molecule has 0 amide bonds. The summed E-state index contributed by atoms with van der Waals surface area (Å²) >= 11 is 0. The van der Waals surface area contributed by atoms with Gasteiger partial charge in [-0.2, -0.15) is 49.2 Å². The molecule has 0 aliphatic rings. The Balaban J connectivity index is 0.000000154. The van der Waals surface area contributed by atoms with Gasteiger partial charge in [-0.15, -0.1) is 0 Å². The Kier molecular flexibility index (Phi) is 8.19. The molecule has 190 valence electrons. The van der Waals surface area contributed by atoms with Crippen molar-refractivity contribution in [3.05, 3.63) is 134 Å². The van der Waals surface area contributed by atoms with Crippen LogP contribution in [0.4, 0.5) is 0 Å². The number of fused-ring (bicyclic) bond motifs is 10. The second-order valence-corrected chi connectivity index (χ2v) is 10.2. The van der Waals surface area contributed by atoms with Crippen molar-refractivity contribution in [2.24, 2.45) is 14.1 Å². The molecule has 0 unspecified atom stereocenters. The van der Waals surface area contributed by atoms with Gasteiger partial charge in [0.15, 0.2) is 0 Å². The first-order valence-electron chi connectivity index (χ1n) is 12.9. The Labute approximate surface area is 285 Å². The molecule has 0 spiro atoms. The summed E-state index contributed by atoms with van der Waals surface area (Å²) < 4.78 is 4.52. The minimum atomic E-state index is 0. The number of aromatic nitrogens is 2. The number of hydrogen-bond donors (Lipinski definition) is 0. The van der Waals surface area contributed by atoms with Crippen molar-refractivity contribution < 1.29 is 65.4 Å². The van der Waals surface area contributed by atoms with E-state index in [0.717, 1.165) is 11.1 Å². The van der Waals surface area contributed by atoms with Crippen LogP contribution in [0.3, 0.4) is 0 Å². The SMILES string of the molecule is [CH2-]c1ccc2c(c1)c1c3ccccc3ccc1n2C.[CH2-]c1ccc2c(c1)c1c3ccccc3ccc1n2C.[Y].[Y]. The smallest absolute Gasteiger partial charge is 0.0483 e. The van der Waals surface area contributed by atoms with Crippen molar-refractivity contribution in [2.75, 3.05) is 0 Å². The summed E-state index contributed by atoms with van der Waals surface area (Å²) in [5.41, 5.74) is 7.21. The summed E-state index contributed by atoms with van der Waals surface area (Å²) in [5, 5.41) is 10.5. The zero-order valence-corrected chi connectivity index (χ0v) is 28.5. The van der Waals surface area contributed by atoms with Crippen LogP contribution in [0.5, 0.6) is 0 Å². The van der Waals surface area contributed by atoms with Gasteiger partial charge in [0.05, 0.1) is 0 Å². The molecule has 0 aliphatic carbocycles. The molecule has 8 rings (SSSR count). The van der Waals surface area contributed by atoms with Crippen LogP contribution in [0.25, 0.3) is 65.2 Å². The van der Waals surface area contributed by atoms with Gasteiger partial charge in [0.25, 0.3) is 0 Å². The first-order chi connectivity index (χ1) is 18.5. The molecule has 2 aromatic heterocycles. The largest absolute Gasteiger partial charge is 0.345 e. The molecular formula is C36H28N2Y2-2. The van der Waals surface area contributed by atoms with Gasteiger partial charge in [0.1, 0.15) is 0 Å². The van der Waals surface area contributed by atoms with Gasteiger partial charge in [0.2, 0.25) is 0 Å². The molecule has 4 heteroatoms. The van der Waals surface area contributed by atoms with Crippen LogP contribution < -0.4 is 0 Å². The van der Waals surface area contributed by atoms with E-state index in [4.69, 9.17) is 0 Å². The molecule has 0 atom stereocenters. The average molecular weight is 666 g/mol. The molecule has 2 radical (unpaired) electrons. The fraction of sp³-hybridized carbons (Fsp3) is 0.0556. The maximum absolute atomic E-state index is 4.06. The number of hydrogen-bond acceptors (Lipinski definition) is 0. The number of rotatable bonds is 0. The minimum absolute atomic E-state index is 0. The Bertz CT molecular complexity index is 2030. The normalized spacial score (nSPS) is 11.1. The Morgan fingerprint density at radius 1 is 0.425 bits per heavy atom. The minimum Gasteiger partial charge on any atom is -0.345 e. The standard InChI is InChI=1S/2C18H14N.2Y/c2*1-12-7-9-16-15(11-12)18-14-6-4-3-5-13(14)8-10-17(18)19(16)2;;/h2*3-11H,1H2,2H3;;/q2*-1;;. The molecule has 6 aromatic carbocycles. The number of aryl methyl sites for hydroxylation is 2. The van der Waals surface area contributed by atoms with Crippen molar-refractivity contribution in [1.82, 2.24) is 9.13 Å². The van der Waals surface area contributed by atoms with Crippen LogP contribution >= 0.6 is 0 Å². The van der Waals surface area contributed by atoms with E-state index in [1.807, 2.05) is 0 Å². The molecule has 0 fully saturated rings. The molecule has 40 heavy (non-hydrogen) atoms. The third-order valence-corrected chi connectivity index (χ3v) is 7.92. The number of benzene rings is 6. The summed E-state index contributed by atoms with van der Waals surface area (Å²) in [6, 6.07) is 38.8. The van der Waals surface area contributed by atoms with E-state index in [-0.39, 0.29) is 65.4 Å². The third-order valence-electron chi connectivity index (χ3n) is 7.92. The monoisotopic (exact) mass is 666 g/mol. The molecule has 0 bridgehead atoms. The van der Waals surface area contributed by atoms with Crippen molar-refractivity contribution in [3.63, 3.8) is 0 Å². The Morgan fingerprint density at radius 3 is 1.23 bits per heavy atom. The van der Waals surface area contributed by atoms with E-state index >= 15 is 0 Å². The van der Waals surface area contributed by atoms with Crippen molar-refractivity contribution in [2.45, 2.75) is 0 Å². The molecule has 2 heterocycles. The van der Waals surface area contributed by atoms with E-state index in [2.05, 4.69) is 146 Å². The van der Waals surface area contributed by atoms with E-state index < -0.39 is 0 Å². The second kappa shape index (κ2) is 11.3. The third kappa shape index (κ3) is 4.60.